The van der Waals surface area contributed by atoms with Crippen molar-refractivity contribution in [3.63, 3.8) is 0 Å². The molecule has 2 heterocycles. The molecule has 0 atom stereocenters. The minimum Gasteiger partial charge on any atom is -0.469 e. The van der Waals surface area contributed by atoms with Gasteiger partial charge in [-0.15, -0.1) is 0 Å². The standard InChI is InChI=1S/C18H12O4/c1-11-13(8-9-20-11)18(19)21-12-6-7-17-15(10-12)14-4-2-3-5-16(14)22-17/h2-10H,1H3. The first-order valence-electron chi connectivity index (χ1n) is 6.90. The molecule has 0 N–H and O–H groups in total. The van der Waals surface area contributed by atoms with Gasteiger partial charge in [0.1, 0.15) is 28.2 Å². The molecule has 0 aliphatic carbocycles. The summed E-state index contributed by atoms with van der Waals surface area (Å²) in [4.78, 5) is 12.1. The van der Waals surface area contributed by atoms with Gasteiger partial charge in [-0.3, -0.25) is 0 Å². The number of ether oxygens (including phenoxy) is 1. The molecular weight excluding hydrogens is 280 g/mol. The molecule has 22 heavy (non-hydrogen) atoms. The van der Waals surface area contributed by atoms with Crippen LogP contribution in [-0.4, -0.2) is 5.97 Å². The van der Waals surface area contributed by atoms with E-state index in [1.165, 1.54) is 6.26 Å². The van der Waals surface area contributed by atoms with Gasteiger partial charge in [-0.25, -0.2) is 4.79 Å². The van der Waals surface area contributed by atoms with Gasteiger partial charge in [-0.2, -0.15) is 0 Å². The summed E-state index contributed by atoms with van der Waals surface area (Å²) < 4.78 is 16.3. The van der Waals surface area contributed by atoms with Crippen molar-refractivity contribution >= 4 is 27.9 Å². The number of esters is 1. The van der Waals surface area contributed by atoms with Crippen molar-refractivity contribution in [2.24, 2.45) is 0 Å². The number of rotatable bonds is 2. The second kappa shape index (κ2) is 4.77. The quantitative estimate of drug-likeness (QED) is 0.396. The zero-order valence-electron chi connectivity index (χ0n) is 11.8. The fourth-order valence-corrected chi connectivity index (χ4v) is 2.53. The second-order valence-corrected chi connectivity index (χ2v) is 5.04. The van der Waals surface area contributed by atoms with Crippen molar-refractivity contribution in [3.05, 3.63) is 66.1 Å². The zero-order chi connectivity index (χ0) is 15.1. The molecule has 4 heteroatoms. The van der Waals surface area contributed by atoms with Crippen LogP contribution < -0.4 is 4.74 Å². The number of fused-ring (bicyclic) bond motifs is 3. The van der Waals surface area contributed by atoms with Gasteiger partial charge in [0.2, 0.25) is 0 Å². The Balaban J connectivity index is 1.75. The van der Waals surface area contributed by atoms with Crippen LogP contribution in [0.3, 0.4) is 0 Å². The van der Waals surface area contributed by atoms with Crippen LogP contribution in [0.15, 0.2) is 63.6 Å². The number of benzene rings is 2. The first kappa shape index (κ1) is 12.7. The van der Waals surface area contributed by atoms with E-state index in [-0.39, 0.29) is 0 Å². The third-order valence-electron chi connectivity index (χ3n) is 3.64. The van der Waals surface area contributed by atoms with Crippen molar-refractivity contribution in [2.45, 2.75) is 6.92 Å². The molecule has 0 saturated heterocycles. The molecule has 0 radical (unpaired) electrons. The summed E-state index contributed by atoms with van der Waals surface area (Å²) >= 11 is 0. The molecular formula is C18H12O4. The van der Waals surface area contributed by atoms with Gasteiger partial charge in [0.05, 0.1) is 6.26 Å². The lowest BCUT2D eigenvalue weighted by molar-refractivity contribution is 0.0733. The Hall–Kier alpha value is -3.01. The molecule has 0 spiro atoms. The van der Waals surface area contributed by atoms with Gasteiger partial charge in [-0.05, 0) is 37.3 Å². The maximum absolute atomic E-state index is 12.1. The predicted octanol–water partition coefficient (Wildman–Crippen LogP) is 4.71. The van der Waals surface area contributed by atoms with Gasteiger partial charge >= 0.3 is 5.97 Å². The molecule has 108 valence electrons. The van der Waals surface area contributed by atoms with Gasteiger partial charge in [0, 0.05) is 10.8 Å². The molecule has 2 aromatic heterocycles. The summed E-state index contributed by atoms with van der Waals surface area (Å²) in [5.74, 6) is 0.586. The molecule has 4 rings (SSSR count). The Bertz CT molecular complexity index is 991. The fourth-order valence-electron chi connectivity index (χ4n) is 2.53. The molecule has 2 aromatic carbocycles. The number of furan rings is 2. The van der Waals surface area contributed by atoms with E-state index < -0.39 is 5.97 Å². The fraction of sp³-hybridized carbons (Fsp3) is 0.0556. The Morgan fingerprint density at radius 1 is 1.00 bits per heavy atom. The average Bonchev–Trinajstić information content (AvgIpc) is 3.10. The van der Waals surface area contributed by atoms with Gasteiger partial charge in [-0.1, -0.05) is 18.2 Å². The molecule has 4 nitrogen and oxygen atoms in total. The minimum absolute atomic E-state index is 0.428. The Kier molecular flexibility index (Phi) is 2.76. The SMILES string of the molecule is Cc1occc1C(=O)Oc1ccc2oc3ccccc3c2c1. The molecule has 0 unspecified atom stereocenters. The predicted molar refractivity (Wildman–Crippen MR) is 82.1 cm³/mol. The molecule has 0 aliphatic rings. The lowest BCUT2D eigenvalue weighted by Crippen LogP contribution is -2.08. The lowest BCUT2D eigenvalue weighted by Gasteiger charge is -2.03. The maximum atomic E-state index is 12.1. The molecule has 0 saturated carbocycles. The molecule has 4 aromatic rings. The van der Waals surface area contributed by atoms with Crippen molar-refractivity contribution < 1.29 is 18.4 Å². The summed E-state index contributed by atoms with van der Waals surface area (Å²) in [6.45, 7) is 1.73. The molecule has 0 fully saturated rings. The van der Waals surface area contributed by atoms with E-state index in [1.807, 2.05) is 30.3 Å². The number of aryl methyl sites for hydroxylation is 1. The zero-order valence-corrected chi connectivity index (χ0v) is 11.8. The normalized spacial score (nSPS) is 11.1. The number of para-hydroxylation sites is 1. The summed E-state index contributed by atoms with van der Waals surface area (Å²) in [6, 6.07) is 14.7. The van der Waals surface area contributed by atoms with Crippen LogP contribution in [0.5, 0.6) is 5.75 Å². The van der Waals surface area contributed by atoms with E-state index in [2.05, 4.69) is 0 Å². The van der Waals surface area contributed by atoms with Gasteiger partial charge in [0.25, 0.3) is 0 Å². The van der Waals surface area contributed by atoms with Gasteiger partial charge in [0.15, 0.2) is 0 Å². The Morgan fingerprint density at radius 3 is 2.64 bits per heavy atom. The summed E-state index contributed by atoms with van der Waals surface area (Å²) in [5.41, 5.74) is 2.00. The third-order valence-corrected chi connectivity index (χ3v) is 3.64. The largest absolute Gasteiger partial charge is 0.469 e. The number of carbonyl (C=O) groups is 1. The highest BCUT2D eigenvalue weighted by Crippen LogP contribution is 2.31. The van der Waals surface area contributed by atoms with Crippen LogP contribution in [0.2, 0.25) is 0 Å². The smallest absolute Gasteiger partial charge is 0.347 e. The number of hydrogen-bond donors (Lipinski definition) is 0. The first-order chi connectivity index (χ1) is 10.7. The van der Waals surface area contributed by atoms with Crippen LogP contribution in [0.4, 0.5) is 0 Å². The first-order valence-corrected chi connectivity index (χ1v) is 6.90. The minimum atomic E-state index is -0.432. The Labute approximate surface area is 125 Å². The van der Waals surface area contributed by atoms with Gasteiger partial charge < -0.3 is 13.6 Å². The summed E-state index contributed by atoms with van der Waals surface area (Å²) in [5, 5.41) is 1.92. The summed E-state index contributed by atoms with van der Waals surface area (Å²) in [7, 11) is 0. The topological polar surface area (TPSA) is 52.6 Å². The van der Waals surface area contributed by atoms with E-state index in [4.69, 9.17) is 13.6 Å². The monoisotopic (exact) mass is 292 g/mol. The third kappa shape index (κ3) is 1.97. The average molecular weight is 292 g/mol. The van der Waals surface area contributed by atoms with Crippen molar-refractivity contribution in [1.29, 1.82) is 0 Å². The summed E-state index contributed by atoms with van der Waals surface area (Å²) in [6.07, 6.45) is 1.47. The van der Waals surface area contributed by atoms with Crippen LogP contribution in [0.25, 0.3) is 21.9 Å². The highest BCUT2D eigenvalue weighted by molar-refractivity contribution is 6.05. The van der Waals surface area contributed by atoms with Crippen LogP contribution in [0, 0.1) is 6.92 Å². The van der Waals surface area contributed by atoms with E-state index >= 15 is 0 Å². The highest BCUT2D eigenvalue weighted by atomic mass is 16.5. The van der Waals surface area contributed by atoms with E-state index in [1.54, 1.807) is 25.1 Å². The lowest BCUT2D eigenvalue weighted by atomic mass is 10.1. The van der Waals surface area contributed by atoms with Crippen molar-refractivity contribution in [2.75, 3.05) is 0 Å². The van der Waals surface area contributed by atoms with E-state index in [0.29, 0.717) is 17.1 Å². The van der Waals surface area contributed by atoms with Crippen molar-refractivity contribution in [1.82, 2.24) is 0 Å². The van der Waals surface area contributed by atoms with E-state index in [9.17, 15) is 4.79 Å². The molecule has 0 bridgehead atoms. The molecule has 0 amide bonds. The Morgan fingerprint density at radius 2 is 1.82 bits per heavy atom. The van der Waals surface area contributed by atoms with Crippen molar-refractivity contribution in [3.8, 4) is 5.75 Å². The second-order valence-electron chi connectivity index (χ2n) is 5.04. The van der Waals surface area contributed by atoms with E-state index in [0.717, 1.165) is 21.9 Å². The van der Waals surface area contributed by atoms with Crippen LogP contribution in [-0.2, 0) is 0 Å². The highest BCUT2D eigenvalue weighted by Gasteiger charge is 2.15. The maximum Gasteiger partial charge on any atom is 0.347 e. The number of hydrogen-bond acceptors (Lipinski definition) is 4. The molecule has 0 aliphatic heterocycles. The number of carbonyl (C=O) groups excluding carboxylic acids is 1. The van der Waals surface area contributed by atoms with Crippen LogP contribution >= 0.6 is 0 Å². The van der Waals surface area contributed by atoms with Crippen LogP contribution in [0.1, 0.15) is 16.1 Å².